The van der Waals surface area contributed by atoms with Crippen molar-refractivity contribution in [2.75, 3.05) is 38.5 Å². The maximum atomic E-state index is 14.1. The van der Waals surface area contributed by atoms with E-state index in [0.29, 0.717) is 45.9 Å². The van der Waals surface area contributed by atoms with Crippen molar-refractivity contribution in [2.45, 2.75) is 27.7 Å². The second kappa shape index (κ2) is 53.7. The number of nitro benzene ring substituents is 2. The molecule has 6 aromatic heterocycles. The van der Waals surface area contributed by atoms with Crippen LogP contribution >= 0.6 is 58.0 Å². The number of nitro groups is 2. The number of anilines is 9. The SMILES string of the molecule is CC(=O)Nc1ccc(Oc2ccnc(Cl)n2)c(F)c1.CC(=O)Nc1ccc(Oc2ccnc(Nc3ccccc3)n2)c(F)c1.CC(=O)OC(C)=O.Clc1ccnc(Cl)n1.Nc1ccc(Oc2ccnc(Cl)n2)c(F)c1.Nc1ccc(Oc2ccnc(Nc3ccccc3)n2)c(F)c1.Nc1ccccc1.O=[N+]([O-])c1ccc(O)c(F)c1.O=[N+]([O-])c1ccc(Oc2ccnc(Cl)n2)c(F)c1. The number of nitrogen functional groups attached to an aromatic ring is 3. The molecule has 0 atom stereocenters. The number of non-ortho nitro benzene ring substituents is 2. The van der Waals surface area contributed by atoms with E-state index in [1.54, 1.807) is 24.3 Å². The Hall–Kier alpha value is -16.8. The van der Waals surface area contributed by atoms with Crippen LogP contribution < -0.4 is 62.2 Å². The Balaban J connectivity index is 0.000000210. The fraction of sp³-hybridized carbons (Fsp3) is 0.0465. The fourth-order valence-electron chi connectivity index (χ4n) is 9.11. The van der Waals surface area contributed by atoms with Crippen LogP contribution in [0.3, 0.4) is 0 Å². The van der Waals surface area contributed by atoms with Gasteiger partial charge >= 0.3 is 11.9 Å². The molecule has 36 nitrogen and oxygen atoms in total. The molecule has 2 amide bonds. The summed E-state index contributed by atoms with van der Waals surface area (Å²) < 4.78 is 111. The number of nitrogens with one attached hydrogen (secondary N) is 4. The lowest BCUT2D eigenvalue weighted by Gasteiger charge is -2.09. The minimum atomic E-state index is -0.987. The fourth-order valence-corrected chi connectivity index (χ4v) is 9.85. The third-order valence-corrected chi connectivity index (χ3v) is 15.5. The number of amides is 2. The number of halogens is 11. The highest BCUT2D eigenvalue weighted by Gasteiger charge is 2.17. The number of aromatic hydroxyl groups is 1. The van der Waals surface area contributed by atoms with Gasteiger partial charge in [0.1, 0.15) is 5.15 Å². The molecule has 0 unspecified atom stereocenters. The van der Waals surface area contributed by atoms with Crippen molar-refractivity contribution >= 4 is 145 Å². The van der Waals surface area contributed by atoms with Crippen LogP contribution in [0.25, 0.3) is 0 Å². The predicted octanol–water partition coefficient (Wildman–Crippen LogP) is 21.1. The lowest BCUT2D eigenvalue weighted by Crippen LogP contribution is -2.06. The highest BCUT2D eigenvalue weighted by atomic mass is 35.5. The van der Waals surface area contributed by atoms with Gasteiger partial charge in [-0.05, 0) is 150 Å². The van der Waals surface area contributed by atoms with Crippen LogP contribution in [0.1, 0.15) is 27.7 Å². The van der Waals surface area contributed by atoms with E-state index in [4.69, 9.17) is 104 Å². The number of rotatable bonds is 18. The molecule has 0 spiro atoms. The quantitative estimate of drug-likeness (QED) is 0.00578. The summed E-state index contributed by atoms with van der Waals surface area (Å²) in [7, 11) is 0. The Bertz CT molecular complexity index is 6400. The van der Waals surface area contributed by atoms with E-state index in [1.807, 2.05) is 91.0 Å². The molecule has 6 heterocycles. The highest BCUT2D eigenvalue weighted by molar-refractivity contribution is 6.31. The summed E-state index contributed by atoms with van der Waals surface area (Å²) in [6, 6.07) is 59.5. The number of nitrogens with zero attached hydrogens (tertiary/aromatic N) is 14. The number of aromatic nitrogens is 12. The molecular weight excluding hydrogens is 1860 g/mol. The van der Waals surface area contributed by atoms with E-state index >= 15 is 0 Å². The number of carbonyl (C=O) groups is 4. The lowest BCUT2D eigenvalue weighted by atomic mass is 10.3. The molecule has 133 heavy (non-hydrogen) atoms. The van der Waals surface area contributed by atoms with Crippen LogP contribution in [0.15, 0.2) is 274 Å². The number of benzene rings is 9. The van der Waals surface area contributed by atoms with Gasteiger partial charge < -0.3 is 72.0 Å². The zero-order valence-electron chi connectivity index (χ0n) is 68.8. The van der Waals surface area contributed by atoms with Gasteiger partial charge in [-0.15, -0.1) is 0 Å². The van der Waals surface area contributed by atoms with Gasteiger partial charge in [-0.3, -0.25) is 39.4 Å². The van der Waals surface area contributed by atoms with Gasteiger partial charge in [0.2, 0.25) is 74.2 Å². The zero-order valence-corrected chi connectivity index (χ0v) is 72.6. The highest BCUT2D eigenvalue weighted by Crippen LogP contribution is 2.33. The molecule has 15 rings (SSSR count). The van der Waals surface area contributed by atoms with E-state index < -0.39 is 62.4 Å². The molecule has 0 aliphatic carbocycles. The average Bonchev–Trinajstić information content (AvgIpc) is 0.883. The van der Waals surface area contributed by atoms with Crippen molar-refractivity contribution in [3.05, 3.63) is 355 Å². The molecule has 0 saturated heterocycles. The van der Waals surface area contributed by atoms with E-state index in [9.17, 15) is 65.7 Å². The van der Waals surface area contributed by atoms with Crippen molar-refractivity contribution in [1.82, 2.24) is 59.8 Å². The van der Waals surface area contributed by atoms with E-state index in [2.05, 4.69) is 85.8 Å². The van der Waals surface area contributed by atoms with Gasteiger partial charge in [-0.25, -0.2) is 61.2 Å². The third kappa shape index (κ3) is 39.5. The Kier molecular flexibility index (Phi) is 41.7. The summed E-state index contributed by atoms with van der Waals surface area (Å²) in [5.41, 5.74) is 19.4. The zero-order chi connectivity index (χ0) is 96.9. The van der Waals surface area contributed by atoms with Crippen LogP contribution in [0.2, 0.25) is 26.3 Å². The molecule has 9 aromatic carbocycles. The monoisotopic (exact) mass is 1920 g/mol. The average molecular weight is 1930 g/mol. The van der Waals surface area contributed by atoms with Crippen LogP contribution in [0, 0.1) is 55.1 Å². The van der Waals surface area contributed by atoms with Crippen LogP contribution in [0.4, 0.5) is 89.4 Å². The number of carbonyl (C=O) groups excluding carboxylic acids is 4. The number of phenolic OH excluding ortho intramolecular Hbond substituents is 1. The predicted molar refractivity (Wildman–Crippen MR) is 481 cm³/mol. The van der Waals surface area contributed by atoms with E-state index in [-0.39, 0.29) is 102 Å². The molecule has 11 N–H and O–H groups in total. The summed E-state index contributed by atoms with van der Waals surface area (Å²) in [6.45, 7) is 5.05. The van der Waals surface area contributed by atoms with Crippen molar-refractivity contribution in [3.63, 3.8) is 0 Å². The summed E-state index contributed by atoms with van der Waals surface area (Å²) in [6.07, 6.45) is 8.69. The van der Waals surface area contributed by atoms with Gasteiger partial charge in [0.05, 0.1) is 22.0 Å². The second-order valence-corrected chi connectivity index (χ2v) is 26.6. The van der Waals surface area contributed by atoms with Crippen LogP contribution in [0.5, 0.6) is 63.9 Å². The van der Waals surface area contributed by atoms with Gasteiger partial charge in [0.25, 0.3) is 11.4 Å². The van der Waals surface area contributed by atoms with Gasteiger partial charge in [0.15, 0.2) is 69.4 Å². The number of phenols is 1. The Morgan fingerprint density at radius 3 is 0.917 bits per heavy atom. The van der Waals surface area contributed by atoms with Crippen LogP contribution in [-0.4, -0.2) is 98.5 Å². The molecule has 0 fully saturated rings. The van der Waals surface area contributed by atoms with Gasteiger partial charge in [-0.2, -0.15) is 24.9 Å². The molecule has 684 valence electrons. The number of hydrogen-bond acceptors (Lipinski definition) is 32. The first-order valence-electron chi connectivity index (χ1n) is 37.1. The number of esters is 2. The number of hydrogen-bond donors (Lipinski definition) is 8. The smallest absolute Gasteiger partial charge is 0.310 e. The Morgan fingerprint density at radius 2 is 0.639 bits per heavy atom. The molecule has 15 aromatic rings. The molecule has 0 bridgehead atoms. The normalized spacial score (nSPS) is 9.83. The Morgan fingerprint density at radius 1 is 0.338 bits per heavy atom. The summed E-state index contributed by atoms with van der Waals surface area (Å²) in [5.74, 6) is -5.12. The maximum Gasteiger partial charge on any atom is 0.310 e. The molecule has 47 heteroatoms. The first-order chi connectivity index (χ1) is 63.5. The molecule has 0 radical (unpaired) electrons. The standard InChI is InChI=1S/C18H15FN4O2.C16H13FN4O.C12H9ClFN3O2.C10H5ClFN3O3.C10H7ClFN3O.C6H4FNO3.C6H7N.C4H2Cl2N2.C4H6O3/c1-12(24)21-14-7-8-16(15(19)11-14)25-17-9-10-20-18(23-17)22-13-5-3-2-4-6-13;17-13-10-11(18)6-7-14(13)22-15-8-9-19-16(21-15)20-12-4-2-1-3-5-12;1-7(18)16-8-2-3-10(9(14)6-8)19-11-4-5-15-12(13)17-11;11-10-13-4-3-9(14-10)18-8-2-1-6(15(16)17)5-7(8)12;11-10-14-4-3-9(15-10)16-8-2-1-6(13)5-7(8)12;7-5-3-4(8(10)11)1-2-6(5)9;7-6-4-2-1-3-5-6;5-3-1-2-7-4(6)8-3;1-3(5)7-4(2)6/h2-11H,1H3,(H,21,24)(H,20,22,23);1-10H,18H2,(H,19,20,21);2-6H,1H3,(H,16,18);1-5H;1-5H,13H2;1-3,9H;1-5H,7H2;1-2H;1-2H3. The summed E-state index contributed by atoms with van der Waals surface area (Å²) in [5, 5.41) is 40.7. The molecule has 0 saturated carbocycles. The van der Waals surface area contributed by atoms with Crippen molar-refractivity contribution in [2.24, 2.45) is 0 Å². The van der Waals surface area contributed by atoms with Crippen molar-refractivity contribution in [1.29, 1.82) is 0 Å². The minimum Gasteiger partial charge on any atom is -0.505 e. The van der Waals surface area contributed by atoms with E-state index in [1.165, 1.54) is 138 Å². The maximum absolute atomic E-state index is 14.1. The number of nitrogens with two attached hydrogens (primary N) is 3. The summed E-state index contributed by atoms with van der Waals surface area (Å²) in [4.78, 5) is 106. The molecule has 0 aliphatic rings. The van der Waals surface area contributed by atoms with Gasteiger partial charge in [-0.1, -0.05) is 66.2 Å². The molecule has 0 aliphatic heterocycles. The van der Waals surface area contributed by atoms with Crippen molar-refractivity contribution < 1.29 is 88.9 Å². The first kappa shape index (κ1) is 103. The molecular formula is C86H68Cl5F6N21O15. The van der Waals surface area contributed by atoms with E-state index in [0.717, 1.165) is 59.5 Å². The second-order valence-electron chi connectivity index (χ2n) is 24.9. The summed E-state index contributed by atoms with van der Waals surface area (Å²) >= 11 is 27.4. The topological polar surface area (TPSA) is 511 Å². The number of para-hydroxylation sites is 3. The minimum absolute atomic E-state index is 0.00142. The third-order valence-electron chi connectivity index (χ3n) is 14.6. The van der Waals surface area contributed by atoms with Crippen LogP contribution in [-0.2, 0) is 23.9 Å². The lowest BCUT2D eigenvalue weighted by molar-refractivity contribution is -0.385. The van der Waals surface area contributed by atoms with Gasteiger partial charge in [0, 0.05) is 171 Å². The Labute approximate surface area is 774 Å². The number of ether oxygens (including phenoxy) is 6. The van der Waals surface area contributed by atoms with Crippen molar-refractivity contribution in [3.8, 4) is 63.9 Å². The largest absolute Gasteiger partial charge is 0.505 e. The first-order valence-corrected chi connectivity index (χ1v) is 39.0.